The van der Waals surface area contributed by atoms with Gasteiger partial charge in [0, 0.05) is 19.3 Å². The predicted octanol–water partition coefficient (Wildman–Crippen LogP) is -5.45. The maximum atomic E-state index is 10.6. The van der Waals surface area contributed by atoms with Gasteiger partial charge in [-0.15, -0.1) is 0 Å². The molecule has 0 spiro atoms. The second-order valence-corrected chi connectivity index (χ2v) is 2.10. The number of carboxylic acids is 1. The Kier molecular flexibility index (Phi) is 8.13. The van der Waals surface area contributed by atoms with Gasteiger partial charge in [0.15, 0.2) is 0 Å². The number of aliphatic carboxylic acids is 1. The van der Waals surface area contributed by atoms with E-state index in [2.05, 4.69) is 4.74 Å². The molecule has 0 aliphatic carbocycles. The van der Waals surface area contributed by atoms with Crippen LogP contribution in [0.3, 0.4) is 0 Å². The van der Waals surface area contributed by atoms with Crippen molar-refractivity contribution in [2.45, 2.75) is 19.4 Å². The molecule has 0 bridgehead atoms. The minimum Gasteiger partial charge on any atom is -0.550 e. The predicted molar refractivity (Wildman–Crippen MR) is 34.4 cm³/mol. The normalized spacial score (nSPS) is 10.9. The number of rotatable bonds is 3. The molecule has 0 rings (SSSR count). The zero-order valence-corrected chi connectivity index (χ0v) is 9.40. The third kappa shape index (κ3) is 7.92. The van der Waals surface area contributed by atoms with E-state index in [4.69, 9.17) is 5.73 Å². The van der Waals surface area contributed by atoms with E-state index in [-0.39, 0.29) is 29.6 Å². The van der Waals surface area contributed by atoms with Crippen LogP contribution in [0.2, 0.25) is 0 Å². The number of nitrogens with two attached hydrogens (primary N) is 1. The van der Waals surface area contributed by atoms with Gasteiger partial charge in [0.05, 0.1) is 0 Å². The standard InChI is InChI=1S/C6H9NO5.Na/c1-3(8)12-6(11)4(7)2-5(9)10;/h4H,2,7H2,1H3,(H,9,10);/q;+1/p-1. The summed E-state index contributed by atoms with van der Waals surface area (Å²) in [6.07, 6.45) is -0.661. The molecule has 1 unspecified atom stereocenters. The SMILES string of the molecule is CC(=O)OC(=O)C(N)CC(=O)[O-].[Na+]. The molecule has 0 aliphatic heterocycles. The molecule has 7 heteroatoms. The minimum atomic E-state index is -1.47. The molecule has 0 fully saturated rings. The van der Waals surface area contributed by atoms with Crippen LogP contribution in [0.15, 0.2) is 0 Å². The maximum absolute atomic E-state index is 10.6. The van der Waals surface area contributed by atoms with Crippen LogP contribution in [0.4, 0.5) is 0 Å². The van der Waals surface area contributed by atoms with Crippen molar-refractivity contribution in [3.63, 3.8) is 0 Å². The first-order valence-electron chi connectivity index (χ1n) is 3.11. The molecule has 0 radical (unpaired) electrons. The largest absolute Gasteiger partial charge is 1.00 e. The van der Waals surface area contributed by atoms with Gasteiger partial charge in [0.2, 0.25) is 0 Å². The molecule has 0 amide bonds. The van der Waals surface area contributed by atoms with Crippen LogP contribution in [0, 0.1) is 0 Å². The number of carbonyl (C=O) groups excluding carboxylic acids is 3. The quantitative estimate of drug-likeness (QED) is 0.274. The van der Waals surface area contributed by atoms with Crippen molar-refractivity contribution in [3.05, 3.63) is 0 Å². The summed E-state index contributed by atoms with van der Waals surface area (Å²) in [5, 5.41) is 9.92. The van der Waals surface area contributed by atoms with E-state index >= 15 is 0 Å². The van der Waals surface area contributed by atoms with Crippen LogP contribution in [-0.2, 0) is 19.1 Å². The number of carbonyl (C=O) groups is 3. The fraction of sp³-hybridized carbons (Fsp3) is 0.500. The molecule has 0 aromatic heterocycles. The summed E-state index contributed by atoms with van der Waals surface area (Å²) in [4.78, 5) is 30.7. The second kappa shape index (κ2) is 7.02. The summed E-state index contributed by atoms with van der Waals surface area (Å²) in [5.41, 5.74) is 5.02. The van der Waals surface area contributed by atoms with Crippen molar-refractivity contribution in [2.24, 2.45) is 5.73 Å². The van der Waals surface area contributed by atoms with Crippen LogP contribution in [0.1, 0.15) is 13.3 Å². The number of hydrogen-bond acceptors (Lipinski definition) is 6. The van der Waals surface area contributed by atoms with Crippen molar-refractivity contribution in [1.29, 1.82) is 0 Å². The number of carboxylic acid groups (broad SMARTS) is 1. The summed E-state index contributed by atoms with van der Waals surface area (Å²) >= 11 is 0. The van der Waals surface area contributed by atoms with Gasteiger partial charge in [0.1, 0.15) is 6.04 Å². The van der Waals surface area contributed by atoms with E-state index in [0.717, 1.165) is 6.92 Å². The van der Waals surface area contributed by atoms with Crippen molar-refractivity contribution < 1.29 is 53.8 Å². The third-order valence-corrected chi connectivity index (χ3v) is 0.934. The van der Waals surface area contributed by atoms with E-state index in [1.54, 1.807) is 0 Å². The Bertz CT molecular complexity index is 217. The fourth-order valence-corrected chi connectivity index (χ4v) is 0.480. The van der Waals surface area contributed by atoms with Gasteiger partial charge in [-0.3, -0.25) is 4.79 Å². The maximum Gasteiger partial charge on any atom is 1.00 e. The molecule has 0 aromatic rings. The first-order valence-corrected chi connectivity index (χ1v) is 3.11. The Hall–Kier alpha value is -0.430. The van der Waals surface area contributed by atoms with Crippen LogP contribution >= 0.6 is 0 Å². The molecular formula is C6H8NNaO5. The summed E-state index contributed by atoms with van der Waals surface area (Å²) in [6, 6.07) is -1.35. The minimum absolute atomic E-state index is 0. The summed E-state index contributed by atoms with van der Waals surface area (Å²) < 4.78 is 4.02. The summed E-state index contributed by atoms with van der Waals surface area (Å²) in [7, 11) is 0. The first-order chi connectivity index (χ1) is 5.43. The van der Waals surface area contributed by atoms with Crippen molar-refractivity contribution in [2.75, 3.05) is 0 Å². The van der Waals surface area contributed by atoms with Gasteiger partial charge in [-0.2, -0.15) is 0 Å². The smallest absolute Gasteiger partial charge is 0.550 e. The third-order valence-electron chi connectivity index (χ3n) is 0.934. The van der Waals surface area contributed by atoms with E-state index in [9.17, 15) is 19.5 Å². The molecule has 1 atom stereocenters. The van der Waals surface area contributed by atoms with Crippen LogP contribution < -0.4 is 40.4 Å². The Morgan fingerprint density at radius 3 is 2.23 bits per heavy atom. The van der Waals surface area contributed by atoms with Gasteiger partial charge >= 0.3 is 41.5 Å². The van der Waals surface area contributed by atoms with Gasteiger partial charge in [-0.05, 0) is 0 Å². The molecule has 68 valence electrons. The Morgan fingerprint density at radius 1 is 1.46 bits per heavy atom. The van der Waals surface area contributed by atoms with Crippen LogP contribution in [0.25, 0.3) is 0 Å². The Balaban J connectivity index is 0. The van der Waals surface area contributed by atoms with Crippen molar-refractivity contribution >= 4 is 17.9 Å². The Morgan fingerprint density at radius 2 is 1.92 bits per heavy atom. The number of esters is 2. The topological polar surface area (TPSA) is 110 Å². The van der Waals surface area contributed by atoms with Crippen LogP contribution in [0.5, 0.6) is 0 Å². The molecule has 0 heterocycles. The first kappa shape index (κ1) is 15.1. The molecular weight excluding hydrogens is 189 g/mol. The second-order valence-electron chi connectivity index (χ2n) is 2.10. The molecule has 0 aliphatic rings. The zero-order valence-electron chi connectivity index (χ0n) is 7.40. The molecule has 6 nitrogen and oxygen atoms in total. The zero-order chi connectivity index (χ0) is 9.72. The number of ether oxygens (including phenoxy) is 1. The van der Waals surface area contributed by atoms with Gasteiger partial charge in [-0.25, -0.2) is 4.79 Å². The molecule has 13 heavy (non-hydrogen) atoms. The fourth-order valence-electron chi connectivity index (χ4n) is 0.480. The van der Waals surface area contributed by atoms with Crippen LogP contribution in [-0.4, -0.2) is 23.9 Å². The van der Waals surface area contributed by atoms with Gasteiger partial charge < -0.3 is 20.4 Å². The van der Waals surface area contributed by atoms with Gasteiger partial charge in [0.25, 0.3) is 0 Å². The van der Waals surface area contributed by atoms with E-state index in [1.807, 2.05) is 0 Å². The van der Waals surface area contributed by atoms with Crippen molar-refractivity contribution in [1.82, 2.24) is 0 Å². The molecule has 2 N–H and O–H groups in total. The van der Waals surface area contributed by atoms with Crippen molar-refractivity contribution in [3.8, 4) is 0 Å². The molecule has 0 saturated carbocycles. The molecule has 0 aromatic carbocycles. The van der Waals surface area contributed by atoms with E-state index < -0.39 is 30.4 Å². The van der Waals surface area contributed by atoms with Gasteiger partial charge in [-0.1, -0.05) is 0 Å². The average molecular weight is 197 g/mol. The molecule has 0 saturated heterocycles. The summed E-state index contributed by atoms with van der Waals surface area (Å²) in [6.45, 7) is 1.02. The Labute approximate surface area is 96.7 Å². The average Bonchev–Trinajstić information content (AvgIpc) is 1.84. The monoisotopic (exact) mass is 197 g/mol. The van der Waals surface area contributed by atoms with E-state index in [1.165, 1.54) is 0 Å². The summed E-state index contributed by atoms with van der Waals surface area (Å²) in [5.74, 6) is -3.36. The number of hydrogen-bond donors (Lipinski definition) is 1. The van der Waals surface area contributed by atoms with E-state index in [0.29, 0.717) is 0 Å².